The molecule has 0 saturated heterocycles. The van der Waals surface area contributed by atoms with Crippen LogP contribution < -0.4 is 10.0 Å². The number of anilines is 2. The van der Waals surface area contributed by atoms with Crippen molar-refractivity contribution in [1.29, 1.82) is 0 Å². The van der Waals surface area contributed by atoms with Crippen molar-refractivity contribution in [2.75, 3.05) is 10.0 Å². The number of esters is 1. The Balaban J connectivity index is 1.62. The predicted octanol–water partition coefficient (Wildman–Crippen LogP) is 2.60. The van der Waals surface area contributed by atoms with E-state index in [0.29, 0.717) is 0 Å². The number of nitrogens with zero attached hydrogens (tertiary/aromatic N) is 2. The fourth-order valence-electron chi connectivity index (χ4n) is 2.40. The van der Waals surface area contributed by atoms with Crippen molar-refractivity contribution in [2.24, 2.45) is 0 Å². The fraction of sp³-hybridized carbons (Fsp3) is 0.100. The lowest BCUT2D eigenvalue weighted by molar-refractivity contribution is -0.123. The molecule has 160 valence electrons. The minimum absolute atomic E-state index is 0.0722. The fourth-order valence-corrected chi connectivity index (χ4v) is 3.35. The zero-order chi connectivity index (χ0) is 22.4. The van der Waals surface area contributed by atoms with E-state index in [1.807, 2.05) is 0 Å². The van der Waals surface area contributed by atoms with Crippen LogP contribution in [0.25, 0.3) is 0 Å². The van der Waals surface area contributed by atoms with Crippen molar-refractivity contribution in [3.05, 3.63) is 78.4 Å². The van der Waals surface area contributed by atoms with Crippen molar-refractivity contribution in [2.45, 2.75) is 17.9 Å². The number of rotatable bonds is 7. The summed E-state index contributed by atoms with van der Waals surface area (Å²) in [5.41, 5.74) is -0.0136. The normalized spacial score (nSPS) is 11.9. The summed E-state index contributed by atoms with van der Waals surface area (Å²) in [6.45, 7) is 1.33. The first-order valence-corrected chi connectivity index (χ1v) is 10.4. The zero-order valence-electron chi connectivity index (χ0n) is 16.2. The van der Waals surface area contributed by atoms with Crippen molar-refractivity contribution in [3.63, 3.8) is 0 Å². The molecule has 1 aromatic heterocycles. The molecule has 1 heterocycles. The Bertz CT molecular complexity index is 1190. The molecule has 0 aliphatic heterocycles. The third kappa shape index (κ3) is 5.60. The van der Waals surface area contributed by atoms with Crippen molar-refractivity contribution < 1.29 is 27.1 Å². The Labute approximate surface area is 177 Å². The maximum absolute atomic E-state index is 13.6. The van der Waals surface area contributed by atoms with E-state index in [2.05, 4.69) is 20.0 Å². The number of aromatic nitrogens is 2. The summed E-state index contributed by atoms with van der Waals surface area (Å²) in [5, 5.41) is 2.49. The van der Waals surface area contributed by atoms with E-state index in [4.69, 9.17) is 4.74 Å². The smallest absolute Gasteiger partial charge is 0.341 e. The van der Waals surface area contributed by atoms with Crippen LogP contribution in [0.2, 0.25) is 0 Å². The minimum Gasteiger partial charge on any atom is -0.449 e. The molecule has 0 radical (unpaired) electrons. The van der Waals surface area contributed by atoms with Crippen LogP contribution in [-0.2, 0) is 19.6 Å². The SMILES string of the molecule is CC(OC(=O)c1ccccc1F)C(=O)Nc1ccc(S(=O)(=O)Nc2ncccn2)cc1. The topological polar surface area (TPSA) is 127 Å². The summed E-state index contributed by atoms with van der Waals surface area (Å²) in [6.07, 6.45) is 1.57. The molecule has 31 heavy (non-hydrogen) atoms. The van der Waals surface area contributed by atoms with Gasteiger partial charge in [-0.1, -0.05) is 12.1 Å². The number of sulfonamides is 1. The van der Waals surface area contributed by atoms with Gasteiger partial charge in [0.05, 0.1) is 10.5 Å². The standard InChI is InChI=1S/C20H17FN4O5S/c1-13(30-19(27)16-5-2-3-6-17(16)21)18(26)24-14-7-9-15(10-8-14)31(28,29)25-20-22-11-4-12-23-20/h2-13H,1H3,(H,24,26)(H,22,23,25). The summed E-state index contributed by atoms with van der Waals surface area (Å²) in [5.74, 6) is -2.48. The van der Waals surface area contributed by atoms with Gasteiger partial charge in [-0.3, -0.25) is 4.79 Å². The molecule has 0 aliphatic carbocycles. The molecule has 0 aliphatic rings. The van der Waals surface area contributed by atoms with Crippen LogP contribution >= 0.6 is 0 Å². The number of ether oxygens (including phenoxy) is 1. The van der Waals surface area contributed by atoms with E-state index in [-0.39, 0.29) is 22.1 Å². The summed E-state index contributed by atoms with van der Waals surface area (Å²) < 4.78 is 45.6. The average Bonchev–Trinajstić information content (AvgIpc) is 2.74. The van der Waals surface area contributed by atoms with E-state index in [9.17, 15) is 22.4 Å². The van der Waals surface area contributed by atoms with E-state index < -0.39 is 33.8 Å². The molecular weight excluding hydrogens is 427 g/mol. The third-order valence-corrected chi connectivity index (χ3v) is 5.31. The quantitative estimate of drug-likeness (QED) is 0.536. The number of hydrogen-bond donors (Lipinski definition) is 2. The van der Waals surface area contributed by atoms with E-state index in [0.717, 1.165) is 6.07 Å². The Morgan fingerprint density at radius 1 is 1.00 bits per heavy atom. The van der Waals surface area contributed by atoms with E-state index in [1.54, 1.807) is 6.07 Å². The molecule has 1 unspecified atom stereocenters. The zero-order valence-corrected chi connectivity index (χ0v) is 17.0. The molecule has 1 atom stereocenters. The van der Waals surface area contributed by atoms with Gasteiger partial charge in [0.25, 0.3) is 15.9 Å². The van der Waals surface area contributed by atoms with Crippen molar-refractivity contribution >= 4 is 33.5 Å². The Kier molecular flexibility index (Phi) is 6.55. The van der Waals surface area contributed by atoms with Gasteiger partial charge in [-0.2, -0.15) is 0 Å². The second-order valence-corrected chi connectivity index (χ2v) is 7.90. The van der Waals surface area contributed by atoms with Gasteiger partial charge in [0.2, 0.25) is 5.95 Å². The molecule has 3 rings (SSSR count). The molecule has 3 aromatic rings. The van der Waals surface area contributed by atoms with E-state index in [1.165, 1.54) is 61.8 Å². The molecule has 0 spiro atoms. The highest BCUT2D eigenvalue weighted by Crippen LogP contribution is 2.17. The van der Waals surface area contributed by atoms with Crippen molar-refractivity contribution in [1.82, 2.24) is 9.97 Å². The molecule has 2 N–H and O–H groups in total. The summed E-state index contributed by atoms with van der Waals surface area (Å²) in [6, 6.07) is 12.1. The number of nitrogens with one attached hydrogen (secondary N) is 2. The first kappa shape index (κ1) is 21.8. The van der Waals surface area contributed by atoms with E-state index >= 15 is 0 Å². The molecule has 0 bridgehead atoms. The summed E-state index contributed by atoms with van der Waals surface area (Å²) >= 11 is 0. The number of carbonyl (C=O) groups is 2. The average molecular weight is 444 g/mol. The van der Waals surface area contributed by atoms with Gasteiger partial charge < -0.3 is 10.1 Å². The highest BCUT2D eigenvalue weighted by Gasteiger charge is 2.21. The van der Waals surface area contributed by atoms with Gasteiger partial charge >= 0.3 is 5.97 Å². The molecule has 1 amide bonds. The number of benzene rings is 2. The number of carbonyl (C=O) groups excluding carboxylic acids is 2. The Hall–Kier alpha value is -3.86. The largest absolute Gasteiger partial charge is 0.449 e. The highest BCUT2D eigenvalue weighted by atomic mass is 32.2. The predicted molar refractivity (Wildman–Crippen MR) is 109 cm³/mol. The highest BCUT2D eigenvalue weighted by molar-refractivity contribution is 7.92. The van der Waals surface area contributed by atoms with Crippen LogP contribution in [-0.4, -0.2) is 36.4 Å². The molecule has 2 aromatic carbocycles. The third-order valence-electron chi connectivity index (χ3n) is 3.97. The van der Waals surface area contributed by atoms with Crippen LogP contribution in [0, 0.1) is 5.82 Å². The van der Waals surface area contributed by atoms with Crippen LogP contribution in [0.4, 0.5) is 16.0 Å². The van der Waals surface area contributed by atoms with Gasteiger partial charge in [0.1, 0.15) is 5.82 Å². The van der Waals surface area contributed by atoms with Gasteiger partial charge in [0.15, 0.2) is 6.10 Å². The first-order chi connectivity index (χ1) is 14.8. The molecule has 9 nitrogen and oxygen atoms in total. The van der Waals surface area contributed by atoms with Crippen LogP contribution in [0.5, 0.6) is 0 Å². The molecular formula is C20H17FN4O5S. The maximum Gasteiger partial charge on any atom is 0.341 e. The lowest BCUT2D eigenvalue weighted by Gasteiger charge is -2.14. The van der Waals surface area contributed by atoms with Gasteiger partial charge in [-0.05, 0) is 49.4 Å². The summed E-state index contributed by atoms with van der Waals surface area (Å²) in [7, 11) is -3.92. The van der Waals surface area contributed by atoms with Crippen LogP contribution in [0.15, 0.2) is 71.9 Å². The minimum atomic E-state index is -3.92. The summed E-state index contributed by atoms with van der Waals surface area (Å²) in [4.78, 5) is 31.8. The first-order valence-electron chi connectivity index (χ1n) is 8.92. The monoisotopic (exact) mass is 444 g/mol. The van der Waals surface area contributed by atoms with Gasteiger partial charge in [0, 0.05) is 18.1 Å². The van der Waals surface area contributed by atoms with Gasteiger partial charge in [-0.15, -0.1) is 0 Å². The lowest BCUT2D eigenvalue weighted by atomic mass is 10.2. The number of halogens is 1. The number of hydrogen-bond acceptors (Lipinski definition) is 7. The van der Waals surface area contributed by atoms with Crippen LogP contribution in [0.1, 0.15) is 17.3 Å². The second-order valence-electron chi connectivity index (χ2n) is 6.22. The lowest BCUT2D eigenvalue weighted by Crippen LogP contribution is -2.30. The molecule has 0 fully saturated rings. The molecule has 0 saturated carbocycles. The molecule has 11 heteroatoms. The number of amides is 1. The van der Waals surface area contributed by atoms with Crippen molar-refractivity contribution in [3.8, 4) is 0 Å². The second kappa shape index (κ2) is 9.30. The van der Waals surface area contributed by atoms with Gasteiger partial charge in [-0.25, -0.2) is 32.3 Å². The Morgan fingerprint density at radius 3 is 2.29 bits per heavy atom. The maximum atomic E-state index is 13.6. The van der Waals surface area contributed by atoms with Crippen LogP contribution in [0.3, 0.4) is 0 Å². The Morgan fingerprint density at radius 2 is 1.65 bits per heavy atom.